The highest BCUT2D eigenvalue weighted by Crippen LogP contribution is 2.37. The molecule has 1 unspecified atom stereocenters. The number of aliphatic hydroxyl groups is 1. The predicted molar refractivity (Wildman–Crippen MR) is 127 cm³/mol. The van der Waals surface area contributed by atoms with E-state index in [9.17, 15) is 5.11 Å². The topological polar surface area (TPSA) is 105 Å². The van der Waals surface area contributed by atoms with Gasteiger partial charge in [-0.25, -0.2) is 9.97 Å². The van der Waals surface area contributed by atoms with Gasteiger partial charge in [0.1, 0.15) is 16.3 Å². The summed E-state index contributed by atoms with van der Waals surface area (Å²) in [7, 11) is 1.67. The first kappa shape index (κ1) is 23.3. The van der Waals surface area contributed by atoms with Crippen molar-refractivity contribution < 1.29 is 9.84 Å². The number of pyridine rings is 1. The summed E-state index contributed by atoms with van der Waals surface area (Å²) in [5.41, 5.74) is 4.60. The van der Waals surface area contributed by atoms with Gasteiger partial charge in [-0.15, -0.1) is 11.3 Å². The number of nitrogens with one attached hydrogen (secondary N) is 2. The molecule has 0 saturated carbocycles. The second-order valence-corrected chi connectivity index (χ2v) is 8.69. The number of hydrogen-bond donors (Lipinski definition) is 3. The van der Waals surface area contributed by atoms with Crippen LogP contribution >= 0.6 is 11.3 Å². The molecule has 0 fully saturated rings. The van der Waals surface area contributed by atoms with Gasteiger partial charge >= 0.3 is 0 Å². The van der Waals surface area contributed by atoms with E-state index in [1.807, 2.05) is 20.8 Å². The molecular formula is C22H32N6O2S. The molecule has 0 saturated heterocycles. The van der Waals surface area contributed by atoms with Gasteiger partial charge < -0.3 is 20.5 Å². The summed E-state index contributed by atoms with van der Waals surface area (Å²) in [6.45, 7) is 10.2. The molecule has 3 aromatic rings. The zero-order valence-electron chi connectivity index (χ0n) is 18.9. The fourth-order valence-electron chi connectivity index (χ4n) is 3.46. The molecule has 0 amide bonds. The van der Waals surface area contributed by atoms with Crippen LogP contribution in [0.2, 0.25) is 0 Å². The molecule has 9 heteroatoms. The van der Waals surface area contributed by atoms with E-state index in [2.05, 4.69) is 33.6 Å². The van der Waals surface area contributed by atoms with Gasteiger partial charge in [-0.2, -0.15) is 4.98 Å². The second kappa shape index (κ2) is 10.8. The van der Waals surface area contributed by atoms with Crippen molar-refractivity contribution in [2.75, 3.05) is 44.0 Å². The van der Waals surface area contributed by atoms with Crippen LogP contribution in [0, 0.1) is 26.7 Å². The van der Waals surface area contributed by atoms with Crippen LogP contribution < -0.4 is 10.6 Å². The lowest BCUT2D eigenvalue weighted by atomic mass is 10.0. The van der Waals surface area contributed by atoms with Crippen LogP contribution in [0.1, 0.15) is 36.8 Å². The van der Waals surface area contributed by atoms with Crippen LogP contribution in [-0.4, -0.2) is 58.5 Å². The molecule has 3 aromatic heterocycles. The highest BCUT2D eigenvalue weighted by Gasteiger charge is 2.19. The van der Waals surface area contributed by atoms with E-state index in [-0.39, 0.29) is 12.5 Å². The van der Waals surface area contributed by atoms with Crippen LogP contribution in [0.15, 0.2) is 6.07 Å². The molecule has 3 N–H and O–H groups in total. The molecule has 31 heavy (non-hydrogen) atoms. The van der Waals surface area contributed by atoms with Crippen LogP contribution in [0.4, 0.5) is 11.8 Å². The molecule has 0 radical (unpaired) electrons. The van der Waals surface area contributed by atoms with Crippen molar-refractivity contribution in [1.29, 1.82) is 0 Å². The Balaban J connectivity index is 1.98. The highest BCUT2D eigenvalue weighted by atomic mass is 32.1. The fourth-order valence-corrected chi connectivity index (χ4v) is 4.67. The molecule has 1 atom stereocenters. The minimum atomic E-state index is 0.196. The van der Waals surface area contributed by atoms with E-state index < -0.39 is 0 Å². The maximum absolute atomic E-state index is 9.50. The molecule has 0 aromatic carbocycles. The van der Waals surface area contributed by atoms with E-state index in [0.29, 0.717) is 25.6 Å². The number of methoxy groups -OCH3 is 1. The van der Waals surface area contributed by atoms with E-state index >= 15 is 0 Å². The summed E-state index contributed by atoms with van der Waals surface area (Å²) >= 11 is 1.63. The molecule has 8 nitrogen and oxygen atoms in total. The lowest BCUT2D eigenvalue weighted by Gasteiger charge is -2.16. The number of nitrogens with zero attached hydrogens (tertiary/aromatic N) is 4. The SMILES string of the molecule is CCC(CO)CCNc1nc(NCCOC)nc(C)c1-c1nc2c(C)nc(C)cc2s1. The first-order valence-corrected chi connectivity index (χ1v) is 11.5. The van der Waals surface area contributed by atoms with E-state index in [4.69, 9.17) is 14.7 Å². The summed E-state index contributed by atoms with van der Waals surface area (Å²) in [5.74, 6) is 1.59. The quantitative estimate of drug-likeness (QED) is 0.382. The normalized spacial score (nSPS) is 12.3. The number of aryl methyl sites for hydroxylation is 3. The number of fused-ring (bicyclic) bond motifs is 1. The average Bonchev–Trinajstić information content (AvgIpc) is 3.15. The minimum absolute atomic E-state index is 0.196. The predicted octanol–water partition coefficient (Wildman–Crippen LogP) is 3.95. The maximum atomic E-state index is 9.50. The first-order chi connectivity index (χ1) is 15.0. The number of aromatic nitrogens is 4. The Labute approximate surface area is 187 Å². The van der Waals surface area contributed by atoms with Gasteiger partial charge in [0, 0.05) is 32.5 Å². The lowest BCUT2D eigenvalue weighted by molar-refractivity contribution is 0.210. The molecular weight excluding hydrogens is 412 g/mol. The van der Waals surface area contributed by atoms with Crippen molar-refractivity contribution in [3.05, 3.63) is 23.1 Å². The standard InChI is InChI=1S/C22H32N6O2S/c1-6-16(12-29)7-8-23-20-18(14(3)26-22(28-20)24-9-10-30-5)21-27-19-15(4)25-13(2)11-17(19)31-21/h11,16,29H,6-10,12H2,1-5H3,(H2,23,24,26,28). The van der Waals surface area contributed by atoms with Crippen molar-refractivity contribution in [3.63, 3.8) is 0 Å². The monoisotopic (exact) mass is 444 g/mol. The first-order valence-electron chi connectivity index (χ1n) is 10.7. The maximum Gasteiger partial charge on any atom is 0.224 e. The molecule has 0 bridgehead atoms. The van der Waals surface area contributed by atoms with Crippen molar-refractivity contribution in [2.24, 2.45) is 5.92 Å². The third kappa shape index (κ3) is 5.66. The number of ether oxygens (including phenoxy) is 1. The average molecular weight is 445 g/mol. The van der Waals surface area contributed by atoms with Crippen LogP contribution in [0.3, 0.4) is 0 Å². The van der Waals surface area contributed by atoms with Gasteiger partial charge in [0.25, 0.3) is 0 Å². The number of anilines is 2. The molecule has 0 spiro atoms. The number of aliphatic hydroxyl groups excluding tert-OH is 1. The Hall–Kier alpha value is -2.36. The molecule has 3 heterocycles. The van der Waals surface area contributed by atoms with Gasteiger partial charge in [-0.1, -0.05) is 13.3 Å². The summed E-state index contributed by atoms with van der Waals surface area (Å²) in [6, 6.07) is 2.07. The second-order valence-electron chi connectivity index (χ2n) is 7.66. The van der Waals surface area contributed by atoms with Crippen molar-refractivity contribution in [2.45, 2.75) is 40.5 Å². The summed E-state index contributed by atoms with van der Waals surface area (Å²) < 4.78 is 6.23. The van der Waals surface area contributed by atoms with Gasteiger partial charge in [0.05, 0.1) is 28.3 Å². The number of hydrogen-bond acceptors (Lipinski definition) is 9. The molecule has 3 rings (SSSR count). The Morgan fingerprint density at radius 1 is 1.06 bits per heavy atom. The fraction of sp³-hybridized carbons (Fsp3) is 0.545. The Morgan fingerprint density at radius 2 is 1.87 bits per heavy atom. The zero-order chi connectivity index (χ0) is 22.4. The van der Waals surface area contributed by atoms with Crippen molar-refractivity contribution in [3.8, 4) is 10.6 Å². The molecule has 168 valence electrons. The smallest absolute Gasteiger partial charge is 0.224 e. The van der Waals surface area contributed by atoms with Crippen LogP contribution in [-0.2, 0) is 4.74 Å². The Kier molecular flexibility index (Phi) is 8.11. The van der Waals surface area contributed by atoms with E-state index in [0.717, 1.165) is 56.5 Å². The largest absolute Gasteiger partial charge is 0.396 e. The molecule has 0 aliphatic rings. The van der Waals surface area contributed by atoms with Gasteiger partial charge in [-0.3, -0.25) is 4.98 Å². The number of rotatable bonds is 11. The Bertz CT molecular complexity index is 1020. The van der Waals surface area contributed by atoms with Crippen molar-refractivity contribution >= 4 is 33.3 Å². The highest BCUT2D eigenvalue weighted by molar-refractivity contribution is 7.21. The lowest BCUT2D eigenvalue weighted by Crippen LogP contribution is -2.15. The number of thiazole rings is 1. The third-order valence-corrected chi connectivity index (χ3v) is 6.27. The van der Waals surface area contributed by atoms with Gasteiger partial charge in [0.2, 0.25) is 5.95 Å². The summed E-state index contributed by atoms with van der Waals surface area (Å²) in [5, 5.41) is 17.1. The van der Waals surface area contributed by atoms with Gasteiger partial charge in [-0.05, 0) is 39.2 Å². The third-order valence-electron chi connectivity index (χ3n) is 5.25. The summed E-state index contributed by atoms with van der Waals surface area (Å²) in [6.07, 6.45) is 1.81. The minimum Gasteiger partial charge on any atom is -0.396 e. The molecule has 0 aliphatic heterocycles. The Morgan fingerprint density at radius 3 is 2.58 bits per heavy atom. The van der Waals surface area contributed by atoms with E-state index in [1.54, 1.807) is 18.4 Å². The van der Waals surface area contributed by atoms with Crippen molar-refractivity contribution in [1.82, 2.24) is 19.9 Å². The van der Waals surface area contributed by atoms with Gasteiger partial charge in [0.15, 0.2) is 0 Å². The summed E-state index contributed by atoms with van der Waals surface area (Å²) in [4.78, 5) is 18.8. The molecule has 0 aliphatic carbocycles. The van der Waals surface area contributed by atoms with E-state index in [1.165, 1.54) is 0 Å². The van der Waals surface area contributed by atoms with Crippen LogP contribution in [0.25, 0.3) is 20.8 Å². The zero-order valence-corrected chi connectivity index (χ0v) is 19.8. The van der Waals surface area contributed by atoms with Crippen LogP contribution in [0.5, 0.6) is 0 Å².